The van der Waals surface area contributed by atoms with E-state index in [1.54, 1.807) is 6.92 Å². The zero-order valence-electron chi connectivity index (χ0n) is 6.95. The van der Waals surface area contributed by atoms with Gasteiger partial charge in [0.05, 0.1) is 5.75 Å². The first-order valence-electron chi connectivity index (χ1n) is 3.54. The van der Waals surface area contributed by atoms with Crippen LogP contribution in [0.5, 0.6) is 0 Å². The SMILES string of the molecule is C=CC(=O)COS(=O)(=O)CCC. The largest absolute Gasteiger partial charge is 0.292 e. The predicted molar refractivity (Wildman–Crippen MR) is 45.2 cm³/mol. The molecule has 0 amide bonds. The van der Waals surface area contributed by atoms with Crippen LogP contribution in [0.15, 0.2) is 12.7 Å². The van der Waals surface area contributed by atoms with Gasteiger partial charge in [-0.15, -0.1) is 0 Å². The van der Waals surface area contributed by atoms with E-state index >= 15 is 0 Å². The van der Waals surface area contributed by atoms with E-state index in [1.165, 1.54) is 0 Å². The second-order valence-electron chi connectivity index (χ2n) is 2.19. The van der Waals surface area contributed by atoms with Crippen LogP contribution in [0.2, 0.25) is 0 Å². The smallest absolute Gasteiger partial charge is 0.267 e. The lowest BCUT2D eigenvalue weighted by atomic mass is 10.4. The van der Waals surface area contributed by atoms with Crippen molar-refractivity contribution < 1.29 is 17.4 Å². The lowest BCUT2D eigenvalue weighted by molar-refractivity contribution is -0.116. The van der Waals surface area contributed by atoms with Crippen LogP contribution in [0.4, 0.5) is 0 Å². The lowest BCUT2D eigenvalue weighted by Gasteiger charge is -2.00. The molecule has 0 aliphatic rings. The molecule has 0 unspecified atom stereocenters. The minimum atomic E-state index is -3.51. The Kier molecular flexibility index (Phi) is 4.77. The van der Waals surface area contributed by atoms with E-state index in [2.05, 4.69) is 10.8 Å². The van der Waals surface area contributed by atoms with Gasteiger partial charge in [0.1, 0.15) is 6.61 Å². The monoisotopic (exact) mass is 192 g/mol. The number of hydrogen-bond acceptors (Lipinski definition) is 4. The standard InChI is InChI=1S/C7H12O4S/c1-3-5-12(9,10)11-6-7(8)4-2/h4H,2-3,5-6H2,1H3. The third-order valence-electron chi connectivity index (χ3n) is 1.06. The van der Waals surface area contributed by atoms with E-state index in [4.69, 9.17) is 0 Å². The zero-order chi connectivity index (χ0) is 9.61. The Morgan fingerprint density at radius 3 is 2.58 bits per heavy atom. The van der Waals surface area contributed by atoms with Gasteiger partial charge in [0.15, 0.2) is 5.78 Å². The molecule has 0 aliphatic carbocycles. The fourth-order valence-electron chi connectivity index (χ4n) is 0.516. The van der Waals surface area contributed by atoms with Crippen LogP contribution < -0.4 is 0 Å². The Morgan fingerprint density at radius 1 is 1.58 bits per heavy atom. The zero-order valence-corrected chi connectivity index (χ0v) is 7.76. The van der Waals surface area contributed by atoms with Crippen LogP contribution in [0.3, 0.4) is 0 Å². The molecule has 0 aromatic rings. The van der Waals surface area contributed by atoms with E-state index in [0.717, 1.165) is 6.08 Å². The van der Waals surface area contributed by atoms with Crippen molar-refractivity contribution in [1.82, 2.24) is 0 Å². The molecule has 0 aromatic heterocycles. The summed E-state index contributed by atoms with van der Waals surface area (Å²) in [5.41, 5.74) is 0. The molecule has 0 aliphatic heterocycles. The molecule has 4 nitrogen and oxygen atoms in total. The van der Waals surface area contributed by atoms with Gasteiger partial charge in [-0.2, -0.15) is 8.42 Å². The van der Waals surface area contributed by atoms with Crippen LogP contribution in [0, 0.1) is 0 Å². The molecule has 12 heavy (non-hydrogen) atoms. The second-order valence-corrected chi connectivity index (χ2v) is 3.95. The highest BCUT2D eigenvalue weighted by Crippen LogP contribution is 1.95. The van der Waals surface area contributed by atoms with Crippen molar-refractivity contribution in [3.63, 3.8) is 0 Å². The highest BCUT2D eigenvalue weighted by atomic mass is 32.2. The first-order valence-corrected chi connectivity index (χ1v) is 5.12. The van der Waals surface area contributed by atoms with Crippen molar-refractivity contribution in [3.05, 3.63) is 12.7 Å². The third kappa shape index (κ3) is 5.03. The minimum Gasteiger partial charge on any atom is -0.292 e. The van der Waals surface area contributed by atoms with Gasteiger partial charge in [0.25, 0.3) is 10.1 Å². The van der Waals surface area contributed by atoms with Crippen LogP contribution in [0.1, 0.15) is 13.3 Å². The van der Waals surface area contributed by atoms with Crippen LogP contribution >= 0.6 is 0 Å². The molecule has 0 saturated carbocycles. The van der Waals surface area contributed by atoms with Crippen molar-refractivity contribution in [2.45, 2.75) is 13.3 Å². The molecule has 0 bridgehead atoms. The van der Waals surface area contributed by atoms with Crippen LogP contribution in [-0.4, -0.2) is 26.6 Å². The number of rotatable bonds is 6. The average molecular weight is 192 g/mol. The molecule has 0 spiro atoms. The molecule has 5 heteroatoms. The highest BCUT2D eigenvalue weighted by molar-refractivity contribution is 7.86. The maximum absolute atomic E-state index is 10.8. The molecule has 0 fully saturated rings. The van der Waals surface area contributed by atoms with Gasteiger partial charge in [0, 0.05) is 0 Å². The normalized spacial score (nSPS) is 11.1. The Balaban J connectivity index is 3.92. The number of hydrogen-bond donors (Lipinski definition) is 0. The van der Waals surface area contributed by atoms with Crippen LogP contribution in [-0.2, 0) is 19.1 Å². The Bertz CT molecular complexity index is 253. The Labute approximate surface area is 72.3 Å². The summed E-state index contributed by atoms with van der Waals surface area (Å²) in [5, 5.41) is 0. The fraction of sp³-hybridized carbons (Fsp3) is 0.571. The summed E-state index contributed by atoms with van der Waals surface area (Å²) in [6.45, 7) is 4.46. The molecular weight excluding hydrogens is 180 g/mol. The first kappa shape index (κ1) is 11.3. The number of carbonyl (C=O) groups excluding carboxylic acids is 1. The maximum atomic E-state index is 10.8. The van der Waals surface area contributed by atoms with E-state index in [0.29, 0.717) is 6.42 Å². The van der Waals surface area contributed by atoms with Crippen molar-refractivity contribution in [2.75, 3.05) is 12.4 Å². The van der Waals surface area contributed by atoms with E-state index < -0.39 is 22.5 Å². The van der Waals surface area contributed by atoms with Gasteiger partial charge in [-0.25, -0.2) is 0 Å². The summed E-state index contributed by atoms with van der Waals surface area (Å²) < 4.78 is 26.1. The lowest BCUT2D eigenvalue weighted by Crippen LogP contribution is -2.14. The molecule has 0 heterocycles. The molecule has 0 N–H and O–H groups in total. The quantitative estimate of drug-likeness (QED) is 0.454. The molecule has 0 saturated heterocycles. The van der Waals surface area contributed by atoms with Gasteiger partial charge >= 0.3 is 0 Å². The number of carbonyl (C=O) groups is 1. The summed E-state index contributed by atoms with van der Waals surface area (Å²) in [7, 11) is -3.51. The van der Waals surface area contributed by atoms with Crippen LogP contribution in [0.25, 0.3) is 0 Å². The Hall–Kier alpha value is -0.680. The summed E-state index contributed by atoms with van der Waals surface area (Å²) >= 11 is 0. The predicted octanol–water partition coefficient (Wildman–Crippen LogP) is 0.498. The van der Waals surface area contributed by atoms with Crippen molar-refractivity contribution >= 4 is 15.9 Å². The fourth-order valence-corrected chi connectivity index (χ4v) is 1.43. The summed E-state index contributed by atoms with van der Waals surface area (Å²) in [5.74, 6) is -0.494. The molecule has 0 radical (unpaired) electrons. The van der Waals surface area contributed by atoms with Crippen molar-refractivity contribution in [3.8, 4) is 0 Å². The van der Waals surface area contributed by atoms with Crippen molar-refractivity contribution in [1.29, 1.82) is 0 Å². The molecular formula is C7H12O4S. The molecule has 0 atom stereocenters. The molecule has 0 rings (SSSR count). The van der Waals surface area contributed by atoms with Gasteiger partial charge in [0.2, 0.25) is 0 Å². The van der Waals surface area contributed by atoms with Crippen molar-refractivity contribution in [2.24, 2.45) is 0 Å². The molecule has 70 valence electrons. The minimum absolute atomic E-state index is 0.0581. The first-order chi connectivity index (χ1) is 5.52. The van der Waals surface area contributed by atoms with Gasteiger partial charge < -0.3 is 0 Å². The molecule has 0 aromatic carbocycles. The summed E-state index contributed by atoms with van der Waals surface area (Å²) in [6, 6.07) is 0. The summed E-state index contributed by atoms with van der Waals surface area (Å²) in [4.78, 5) is 10.6. The number of ketones is 1. The van der Waals surface area contributed by atoms with E-state index in [-0.39, 0.29) is 5.75 Å². The highest BCUT2D eigenvalue weighted by Gasteiger charge is 2.10. The topological polar surface area (TPSA) is 60.4 Å². The van der Waals surface area contributed by atoms with E-state index in [1.807, 2.05) is 0 Å². The average Bonchev–Trinajstić information content (AvgIpc) is 2.00. The van der Waals surface area contributed by atoms with Gasteiger partial charge in [-0.3, -0.25) is 8.98 Å². The van der Waals surface area contributed by atoms with E-state index in [9.17, 15) is 13.2 Å². The Morgan fingerprint density at radius 2 is 2.17 bits per heavy atom. The van der Waals surface area contributed by atoms with Gasteiger partial charge in [-0.05, 0) is 12.5 Å². The second kappa shape index (κ2) is 5.05. The maximum Gasteiger partial charge on any atom is 0.267 e. The van der Waals surface area contributed by atoms with Gasteiger partial charge in [-0.1, -0.05) is 13.5 Å². The third-order valence-corrected chi connectivity index (χ3v) is 2.45. The summed E-state index contributed by atoms with van der Waals surface area (Å²) in [6.07, 6.45) is 1.51.